The molecule has 0 saturated heterocycles. The van der Waals surface area contributed by atoms with Gasteiger partial charge in [0.2, 0.25) is 5.16 Å². The highest BCUT2D eigenvalue weighted by molar-refractivity contribution is 7.40. The Morgan fingerprint density at radius 1 is 1.30 bits per heavy atom. The molecule has 3 atom stereocenters. The Balaban J connectivity index is 2.94. The van der Waals surface area contributed by atoms with Gasteiger partial charge in [0, 0.05) is 12.1 Å². The van der Waals surface area contributed by atoms with E-state index in [-0.39, 0.29) is 13.0 Å². The number of carbonyl (C=O) groups is 2. The molecule has 1 aromatic carbocycles. The van der Waals surface area contributed by atoms with Crippen LogP contribution < -0.4 is 5.32 Å². The van der Waals surface area contributed by atoms with Gasteiger partial charge in [-0.05, 0) is 42.2 Å². The average Bonchev–Trinajstić information content (AvgIpc) is 2.45. The van der Waals surface area contributed by atoms with Gasteiger partial charge >= 0.3 is 20.0 Å². The topological polar surface area (TPSA) is 124 Å². The Bertz CT molecular complexity index is 593. The molecule has 9 heteroatoms. The first-order valence-electron chi connectivity index (χ1n) is 6.77. The minimum atomic E-state index is -2.91. The molecule has 7 nitrogen and oxygen atoms in total. The van der Waals surface area contributed by atoms with Crippen LogP contribution in [0.25, 0.3) is 0 Å². The summed E-state index contributed by atoms with van der Waals surface area (Å²) in [6.07, 6.45) is -0.694. The van der Waals surface area contributed by atoms with E-state index in [1.54, 1.807) is 0 Å². The van der Waals surface area contributed by atoms with Gasteiger partial charge in [-0.15, -0.1) is 0 Å². The van der Waals surface area contributed by atoms with Crippen LogP contribution in [0.2, 0.25) is 0 Å². The summed E-state index contributed by atoms with van der Waals surface area (Å²) in [6, 6.07) is 5.20. The van der Waals surface area contributed by atoms with E-state index in [9.17, 15) is 28.5 Å². The molecule has 4 N–H and O–H groups in total. The highest BCUT2D eigenvalue weighted by atomic mass is 31.1. The Morgan fingerprint density at radius 2 is 1.87 bits per heavy atom. The first-order chi connectivity index (χ1) is 10.7. The van der Waals surface area contributed by atoms with Crippen molar-refractivity contribution in [1.29, 1.82) is 0 Å². The Kier molecular flexibility index (Phi) is 6.60. The summed E-state index contributed by atoms with van der Waals surface area (Å²) < 4.78 is 24.6. The number of benzene rings is 1. The number of halogens is 1. The van der Waals surface area contributed by atoms with Gasteiger partial charge in [0.05, 0.1) is 6.54 Å². The molecule has 0 aromatic heterocycles. The third-order valence-corrected chi connectivity index (χ3v) is 4.97. The number of nitrogens with one attached hydrogen (secondary N) is 1. The molecule has 0 heterocycles. The fraction of sp³-hybridized carbons (Fsp3) is 0.429. The van der Waals surface area contributed by atoms with Crippen molar-refractivity contribution in [3.05, 3.63) is 30.1 Å². The summed E-state index contributed by atoms with van der Waals surface area (Å²) in [7, 11) is -2.91. The smallest absolute Gasteiger partial charge is 0.481 e. The van der Waals surface area contributed by atoms with Crippen LogP contribution in [-0.2, 0) is 14.2 Å². The number of carboxylic acids is 2. The lowest BCUT2D eigenvalue weighted by Crippen LogP contribution is -2.42. The number of hydrogen-bond acceptors (Lipinski definition) is 4. The summed E-state index contributed by atoms with van der Waals surface area (Å²) in [4.78, 5) is 31.6. The van der Waals surface area contributed by atoms with E-state index in [1.807, 2.05) is 0 Å². The van der Waals surface area contributed by atoms with E-state index in [4.69, 9.17) is 5.11 Å². The van der Waals surface area contributed by atoms with Crippen LogP contribution in [0.5, 0.6) is 0 Å². The standard InChI is InChI=1S/C14H17FNO6P/c1-14(23(21)22,11(13(19)20)6-7-12(17)18)8-16-10-4-2-9(15)3-5-10/h2-5,11,16H,6-8H2,1H3,(H2-,17,18,19,20,21,22)/p+1. The van der Waals surface area contributed by atoms with E-state index in [1.165, 1.54) is 31.2 Å². The van der Waals surface area contributed by atoms with Gasteiger partial charge in [-0.25, -0.2) is 4.39 Å². The van der Waals surface area contributed by atoms with Gasteiger partial charge in [-0.1, -0.05) is 0 Å². The van der Waals surface area contributed by atoms with E-state index in [0.717, 1.165) is 0 Å². The largest absolute Gasteiger partial charge is 0.514 e. The monoisotopic (exact) mass is 346 g/mol. The SMILES string of the molecule is CC(CNc1ccc(F)cc1)(C(CCC(=O)O)C(=O)O)[P+](=O)O. The van der Waals surface area contributed by atoms with Crippen LogP contribution in [0, 0.1) is 11.7 Å². The molecule has 3 unspecified atom stereocenters. The fourth-order valence-electron chi connectivity index (χ4n) is 2.14. The minimum Gasteiger partial charge on any atom is -0.481 e. The van der Waals surface area contributed by atoms with Crippen molar-refractivity contribution < 1.29 is 33.7 Å². The molecule has 0 aliphatic rings. The first kappa shape index (κ1) is 19.0. The summed E-state index contributed by atoms with van der Waals surface area (Å²) >= 11 is 0. The zero-order chi connectivity index (χ0) is 17.6. The van der Waals surface area contributed by atoms with Crippen LogP contribution >= 0.6 is 8.03 Å². The van der Waals surface area contributed by atoms with Crippen LogP contribution in [0.3, 0.4) is 0 Å². The number of rotatable bonds is 9. The zero-order valence-electron chi connectivity index (χ0n) is 12.4. The second-order valence-electron chi connectivity index (χ2n) is 5.31. The maximum absolute atomic E-state index is 12.9. The van der Waals surface area contributed by atoms with Crippen LogP contribution in [0.4, 0.5) is 10.1 Å². The van der Waals surface area contributed by atoms with E-state index in [2.05, 4.69) is 5.32 Å². The number of hydrogen-bond donors (Lipinski definition) is 4. The lowest BCUT2D eigenvalue weighted by molar-refractivity contribution is -0.144. The van der Waals surface area contributed by atoms with Gasteiger partial charge in [0.1, 0.15) is 11.7 Å². The molecule has 1 aromatic rings. The predicted octanol–water partition coefficient (Wildman–Crippen LogP) is 2.30. The highest BCUT2D eigenvalue weighted by Gasteiger charge is 2.54. The quantitative estimate of drug-likeness (QED) is 0.506. The second kappa shape index (κ2) is 7.99. The summed E-state index contributed by atoms with van der Waals surface area (Å²) in [6.45, 7) is 1.13. The Labute approximate surface area is 133 Å². The van der Waals surface area contributed by atoms with Gasteiger partial charge in [-0.2, -0.15) is 4.89 Å². The summed E-state index contributed by atoms with van der Waals surface area (Å²) in [5.41, 5.74) is 0.455. The maximum Gasteiger partial charge on any atom is 0.514 e. The lowest BCUT2D eigenvalue weighted by atomic mass is 9.88. The van der Waals surface area contributed by atoms with Crippen molar-refractivity contribution in [2.45, 2.75) is 24.9 Å². The lowest BCUT2D eigenvalue weighted by Gasteiger charge is -2.24. The molecule has 0 aliphatic carbocycles. The third-order valence-electron chi connectivity index (χ3n) is 3.63. The molecule has 1 rings (SSSR count). The van der Waals surface area contributed by atoms with Crippen molar-refractivity contribution >= 4 is 25.7 Å². The average molecular weight is 346 g/mol. The summed E-state index contributed by atoms with van der Waals surface area (Å²) in [5.74, 6) is -4.29. The van der Waals surface area contributed by atoms with E-state index >= 15 is 0 Å². The normalized spacial score (nSPS) is 15.3. The molecule has 0 amide bonds. The molecule has 23 heavy (non-hydrogen) atoms. The van der Waals surface area contributed by atoms with Gasteiger partial charge in [0.25, 0.3) is 0 Å². The molecule has 0 aliphatic heterocycles. The third kappa shape index (κ3) is 5.26. The predicted molar refractivity (Wildman–Crippen MR) is 81.1 cm³/mol. The van der Waals surface area contributed by atoms with Crippen molar-refractivity contribution in [3.8, 4) is 0 Å². The molecule has 0 bridgehead atoms. The van der Waals surface area contributed by atoms with Crippen LogP contribution in [0.15, 0.2) is 24.3 Å². The number of aliphatic carboxylic acids is 2. The Morgan fingerprint density at radius 3 is 2.30 bits per heavy atom. The number of carboxylic acid groups (broad SMARTS) is 2. The van der Waals surface area contributed by atoms with E-state index < -0.39 is 43.3 Å². The fourth-order valence-corrected chi connectivity index (χ4v) is 2.86. The van der Waals surface area contributed by atoms with Gasteiger partial charge < -0.3 is 15.5 Å². The van der Waals surface area contributed by atoms with Crippen molar-refractivity contribution in [2.24, 2.45) is 5.92 Å². The van der Waals surface area contributed by atoms with Crippen molar-refractivity contribution in [3.63, 3.8) is 0 Å². The molecule has 0 fully saturated rings. The molecule has 126 valence electrons. The van der Waals surface area contributed by atoms with Crippen LogP contribution in [0.1, 0.15) is 19.8 Å². The summed E-state index contributed by atoms with van der Waals surface area (Å²) in [5, 5.41) is 19.2. The van der Waals surface area contributed by atoms with Crippen molar-refractivity contribution in [2.75, 3.05) is 11.9 Å². The molecule has 0 radical (unpaired) electrons. The Hall–Kier alpha value is -2.05. The first-order valence-corrected chi connectivity index (χ1v) is 7.98. The van der Waals surface area contributed by atoms with Crippen LogP contribution in [-0.4, -0.2) is 38.7 Å². The number of anilines is 1. The molecule has 0 saturated carbocycles. The zero-order valence-corrected chi connectivity index (χ0v) is 13.3. The highest BCUT2D eigenvalue weighted by Crippen LogP contribution is 2.43. The molecule has 0 spiro atoms. The van der Waals surface area contributed by atoms with E-state index in [0.29, 0.717) is 5.69 Å². The van der Waals surface area contributed by atoms with Gasteiger partial charge in [0.15, 0.2) is 0 Å². The molecular formula is C14H18FNO6P+. The van der Waals surface area contributed by atoms with Gasteiger partial charge in [-0.3, -0.25) is 9.59 Å². The molecular weight excluding hydrogens is 328 g/mol. The second-order valence-corrected chi connectivity index (χ2v) is 6.88. The van der Waals surface area contributed by atoms with Crippen molar-refractivity contribution in [1.82, 2.24) is 0 Å². The minimum absolute atomic E-state index is 0.180. The maximum atomic E-state index is 12.9.